The van der Waals surface area contributed by atoms with E-state index in [1.807, 2.05) is 23.3 Å². The fraction of sp³-hybridized carbons (Fsp3) is 0.478. The molecule has 11 nitrogen and oxygen atoms in total. The number of nitrogens with zero attached hydrogens (tertiary/aromatic N) is 5. The highest BCUT2D eigenvalue weighted by Gasteiger charge is 2.26. The minimum Gasteiger partial charge on any atom is -0.474 e. The van der Waals surface area contributed by atoms with Crippen LogP contribution < -0.4 is 14.4 Å². The van der Waals surface area contributed by atoms with Gasteiger partial charge in [0.25, 0.3) is 5.91 Å². The number of ether oxygens (including phenoxy) is 2. The number of hydrogen-bond acceptors (Lipinski definition) is 9. The molecule has 3 aromatic heterocycles. The number of sulfonamides is 1. The molecule has 0 bridgehead atoms. The molecular weight excluding hydrogens is 472 g/mol. The fourth-order valence-electron chi connectivity index (χ4n) is 4.58. The summed E-state index contributed by atoms with van der Waals surface area (Å²) in [6, 6.07) is 3.85. The maximum Gasteiger partial charge on any atom is 0.266 e. The van der Waals surface area contributed by atoms with Crippen LogP contribution in [0.4, 0.5) is 5.82 Å². The van der Waals surface area contributed by atoms with Gasteiger partial charge in [0, 0.05) is 43.8 Å². The number of rotatable bonds is 6. The Bertz CT molecular complexity index is 1300. The molecule has 1 amide bonds. The number of carbonyl (C=O) groups is 1. The molecule has 1 aliphatic carbocycles. The monoisotopic (exact) mass is 500 g/mol. The number of anilines is 1. The molecule has 1 saturated carbocycles. The average molecular weight is 501 g/mol. The van der Waals surface area contributed by atoms with E-state index in [0.717, 1.165) is 37.8 Å². The molecule has 35 heavy (non-hydrogen) atoms. The minimum atomic E-state index is -3.70. The summed E-state index contributed by atoms with van der Waals surface area (Å²) >= 11 is 0. The highest BCUT2D eigenvalue weighted by atomic mass is 32.2. The number of morpholine rings is 1. The molecule has 1 N–H and O–H groups in total. The van der Waals surface area contributed by atoms with E-state index < -0.39 is 15.9 Å². The molecule has 0 aromatic carbocycles. The van der Waals surface area contributed by atoms with Gasteiger partial charge in [-0.3, -0.25) is 9.78 Å². The van der Waals surface area contributed by atoms with Crippen molar-refractivity contribution in [2.45, 2.75) is 37.8 Å². The van der Waals surface area contributed by atoms with Crippen molar-refractivity contribution in [2.24, 2.45) is 0 Å². The van der Waals surface area contributed by atoms with Crippen molar-refractivity contribution in [3.63, 3.8) is 0 Å². The van der Waals surface area contributed by atoms with Crippen LogP contribution in [0.2, 0.25) is 0 Å². The van der Waals surface area contributed by atoms with E-state index in [9.17, 15) is 13.2 Å². The van der Waals surface area contributed by atoms with Crippen molar-refractivity contribution in [2.75, 3.05) is 37.5 Å². The topological polar surface area (TPSA) is 129 Å². The molecule has 4 heterocycles. The fourth-order valence-corrected chi connectivity index (χ4v) is 5.04. The minimum absolute atomic E-state index is 0.0288. The molecule has 12 heteroatoms. The molecule has 2 fully saturated rings. The Morgan fingerprint density at radius 3 is 2.63 bits per heavy atom. The summed E-state index contributed by atoms with van der Waals surface area (Å²) < 4.78 is 39.1. The highest BCUT2D eigenvalue weighted by Crippen LogP contribution is 2.34. The lowest BCUT2D eigenvalue weighted by Gasteiger charge is -2.31. The molecule has 186 valence electrons. The van der Waals surface area contributed by atoms with Crippen molar-refractivity contribution in [1.29, 1.82) is 0 Å². The Hall–Kier alpha value is -3.25. The van der Waals surface area contributed by atoms with Crippen LogP contribution in [0, 0.1) is 0 Å². The van der Waals surface area contributed by atoms with Crippen molar-refractivity contribution >= 4 is 32.7 Å². The third-order valence-corrected chi connectivity index (χ3v) is 6.93. The van der Waals surface area contributed by atoms with Gasteiger partial charge in [-0.25, -0.2) is 18.1 Å². The summed E-state index contributed by atoms with van der Waals surface area (Å²) in [7, 11) is -3.70. The number of carbonyl (C=O) groups excluding carboxylic acids is 1. The van der Waals surface area contributed by atoms with E-state index in [2.05, 4.69) is 19.4 Å². The van der Waals surface area contributed by atoms with E-state index in [0.29, 0.717) is 49.1 Å². The zero-order chi connectivity index (χ0) is 24.4. The van der Waals surface area contributed by atoms with Crippen LogP contribution in [-0.2, 0) is 14.8 Å². The van der Waals surface area contributed by atoms with Crippen LogP contribution >= 0.6 is 0 Å². The molecule has 0 radical (unpaired) electrons. The van der Waals surface area contributed by atoms with Gasteiger partial charge in [0.1, 0.15) is 11.9 Å². The second-order valence-electron chi connectivity index (χ2n) is 8.94. The lowest BCUT2D eigenvalue weighted by molar-refractivity contribution is 0.0981. The van der Waals surface area contributed by atoms with Crippen LogP contribution in [0.3, 0.4) is 0 Å². The second kappa shape index (κ2) is 9.78. The Kier molecular flexibility index (Phi) is 6.56. The summed E-state index contributed by atoms with van der Waals surface area (Å²) in [5, 5.41) is 0.569. The normalized spacial score (nSPS) is 21.1. The molecule has 3 aromatic rings. The number of imidazole rings is 1. The summed E-state index contributed by atoms with van der Waals surface area (Å²) in [5.74, 6) is 0.395. The first-order chi connectivity index (χ1) is 16.9. The van der Waals surface area contributed by atoms with Gasteiger partial charge in [0.15, 0.2) is 0 Å². The summed E-state index contributed by atoms with van der Waals surface area (Å²) in [4.78, 5) is 28.0. The Morgan fingerprint density at radius 2 is 1.94 bits per heavy atom. The van der Waals surface area contributed by atoms with Crippen molar-refractivity contribution in [3.05, 3.63) is 42.6 Å². The first-order valence-electron chi connectivity index (χ1n) is 11.7. The maximum atomic E-state index is 12.4. The van der Waals surface area contributed by atoms with Crippen LogP contribution in [0.25, 0.3) is 10.9 Å². The van der Waals surface area contributed by atoms with Gasteiger partial charge in [0.05, 0.1) is 42.3 Å². The van der Waals surface area contributed by atoms with Gasteiger partial charge in [-0.1, -0.05) is 0 Å². The Labute approximate surface area is 203 Å². The zero-order valence-electron chi connectivity index (χ0n) is 19.5. The number of nitrogens with one attached hydrogen (secondary N) is 1. The van der Waals surface area contributed by atoms with Gasteiger partial charge in [-0.05, 0) is 31.7 Å². The second-order valence-corrected chi connectivity index (χ2v) is 10.7. The number of amides is 1. The molecule has 5 rings (SSSR count). The molecule has 1 saturated heterocycles. The van der Waals surface area contributed by atoms with E-state index in [-0.39, 0.29) is 11.7 Å². The van der Waals surface area contributed by atoms with E-state index in [1.54, 1.807) is 12.3 Å². The van der Waals surface area contributed by atoms with Gasteiger partial charge in [-0.15, -0.1) is 0 Å². The van der Waals surface area contributed by atoms with Crippen LogP contribution in [0.15, 0.2) is 37.1 Å². The molecule has 0 unspecified atom stereocenters. The summed E-state index contributed by atoms with van der Waals surface area (Å²) in [6.07, 6.45) is 11.5. The highest BCUT2D eigenvalue weighted by molar-refractivity contribution is 7.89. The first kappa shape index (κ1) is 23.5. The van der Waals surface area contributed by atoms with Gasteiger partial charge < -0.3 is 18.9 Å². The van der Waals surface area contributed by atoms with Gasteiger partial charge in [0.2, 0.25) is 15.9 Å². The smallest absolute Gasteiger partial charge is 0.266 e. The third-order valence-electron chi connectivity index (χ3n) is 6.37. The largest absolute Gasteiger partial charge is 0.474 e. The number of pyridine rings is 2. The van der Waals surface area contributed by atoms with Crippen LogP contribution in [-0.4, -0.2) is 72.5 Å². The predicted molar refractivity (Wildman–Crippen MR) is 129 cm³/mol. The molecule has 2 aliphatic rings. The molecule has 0 spiro atoms. The lowest BCUT2D eigenvalue weighted by atomic mass is 9.93. The van der Waals surface area contributed by atoms with Crippen molar-refractivity contribution < 1.29 is 22.7 Å². The third kappa shape index (κ3) is 5.54. The number of fused-ring (bicyclic) bond motifs is 1. The van der Waals surface area contributed by atoms with Gasteiger partial charge in [-0.2, -0.15) is 4.98 Å². The summed E-state index contributed by atoms with van der Waals surface area (Å²) in [5.41, 5.74) is 0.747. The molecular formula is C23H28N6O5S. The maximum absolute atomic E-state index is 12.4. The molecule has 0 atom stereocenters. The van der Waals surface area contributed by atoms with Crippen LogP contribution in [0.1, 0.15) is 42.1 Å². The average Bonchev–Trinajstić information content (AvgIpc) is 3.39. The van der Waals surface area contributed by atoms with Crippen molar-refractivity contribution in [1.82, 2.24) is 24.2 Å². The summed E-state index contributed by atoms with van der Waals surface area (Å²) in [6.45, 7) is 2.66. The standard InChI is InChI=1S/C23H28N6O5S/c1-35(31,32)27-22(30)16-12-19-20(25-14-16)13-21(28-8-10-33-11-9-28)26-23(19)34-18-4-2-17(3-5-18)29-7-6-24-15-29/h6-7,12-15,17-18H,2-5,8-11H2,1H3,(H,27,30). The Balaban J connectivity index is 1.43. The van der Waals surface area contributed by atoms with E-state index in [4.69, 9.17) is 14.5 Å². The SMILES string of the molecule is CS(=O)(=O)NC(=O)c1cnc2cc(N3CCOCC3)nc(OC3CCC(n4ccnc4)CC3)c2c1. The lowest BCUT2D eigenvalue weighted by Crippen LogP contribution is -2.36. The predicted octanol–water partition coefficient (Wildman–Crippen LogP) is 1.91. The van der Waals surface area contributed by atoms with E-state index >= 15 is 0 Å². The zero-order valence-corrected chi connectivity index (χ0v) is 20.3. The quantitative estimate of drug-likeness (QED) is 0.540. The van der Waals surface area contributed by atoms with Crippen LogP contribution in [0.5, 0.6) is 5.88 Å². The van der Waals surface area contributed by atoms with E-state index in [1.165, 1.54) is 6.20 Å². The number of hydrogen-bond donors (Lipinski definition) is 1. The Morgan fingerprint density at radius 1 is 1.17 bits per heavy atom. The van der Waals surface area contributed by atoms with Gasteiger partial charge >= 0.3 is 0 Å². The van der Waals surface area contributed by atoms with Crippen molar-refractivity contribution in [3.8, 4) is 5.88 Å². The molecule has 1 aliphatic heterocycles. The number of aromatic nitrogens is 4. The first-order valence-corrected chi connectivity index (χ1v) is 13.5.